The summed E-state index contributed by atoms with van der Waals surface area (Å²) in [6.07, 6.45) is 9.76. The quantitative estimate of drug-likeness (QED) is 0.0218. The van der Waals surface area contributed by atoms with E-state index in [1.165, 1.54) is 32.1 Å². The van der Waals surface area contributed by atoms with Crippen LogP contribution in [0.4, 0.5) is 4.79 Å². The lowest BCUT2D eigenvalue weighted by molar-refractivity contribution is -0.156. The van der Waals surface area contributed by atoms with Gasteiger partial charge in [-0.2, -0.15) is 0 Å². The fourth-order valence-electron chi connectivity index (χ4n) is 9.46. The van der Waals surface area contributed by atoms with Gasteiger partial charge in [0.2, 0.25) is 23.6 Å². The molecule has 5 amide bonds. The molecule has 77 heavy (non-hydrogen) atoms. The monoisotopic (exact) mass is 1080 g/mol. The average molecular weight is 1080 g/mol. The van der Waals surface area contributed by atoms with E-state index in [-0.39, 0.29) is 57.1 Å². The number of esters is 2. The molecule has 0 aliphatic heterocycles. The lowest BCUT2D eigenvalue weighted by Crippen LogP contribution is -2.57. The van der Waals surface area contributed by atoms with E-state index in [0.29, 0.717) is 24.8 Å². The minimum atomic E-state index is -1.49. The van der Waals surface area contributed by atoms with Gasteiger partial charge in [-0.05, 0) is 126 Å². The molecule has 0 radical (unpaired) electrons. The first-order valence-corrected chi connectivity index (χ1v) is 28.2. The Hall–Kier alpha value is -6.00. The molecule has 2 aromatic rings. The van der Waals surface area contributed by atoms with Crippen LogP contribution in [0, 0.1) is 11.3 Å². The van der Waals surface area contributed by atoms with Gasteiger partial charge in [0, 0.05) is 44.7 Å². The third-order valence-corrected chi connectivity index (χ3v) is 13.5. The van der Waals surface area contributed by atoms with Crippen LogP contribution in [0.1, 0.15) is 208 Å². The number of carbonyl (C=O) groups excluding carboxylic acids is 7. The first kappa shape index (κ1) is 65.3. The van der Waals surface area contributed by atoms with Gasteiger partial charge >= 0.3 is 24.0 Å². The van der Waals surface area contributed by atoms with Crippen LogP contribution in [0.25, 0.3) is 11.1 Å². The number of carboxylic acids is 1. The highest BCUT2D eigenvalue weighted by molar-refractivity contribution is 5.94. The van der Waals surface area contributed by atoms with E-state index in [1.807, 2.05) is 48.5 Å². The number of unbranched alkanes of at least 4 members (excludes halogenated alkanes) is 7. The molecule has 4 unspecified atom stereocenters. The van der Waals surface area contributed by atoms with Gasteiger partial charge in [-0.25, -0.2) is 4.79 Å². The number of fused-ring (bicyclic) bond motifs is 3. The summed E-state index contributed by atoms with van der Waals surface area (Å²) in [5, 5.41) is 23.1. The van der Waals surface area contributed by atoms with Gasteiger partial charge in [0.15, 0.2) is 0 Å². The second kappa shape index (κ2) is 32.7. The molecule has 1 aliphatic carbocycles. The van der Waals surface area contributed by atoms with Gasteiger partial charge in [0.1, 0.15) is 35.9 Å². The van der Waals surface area contributed by atoms with Gasteiger partial charge in [-0.15, -0.1) is 0 Å². The Morgan fingerprint density at radius 1 is 0.519 bits per heavy atom. The lowest BCUT2D eigenvalue weighted by Gasteiger charge is -2.31. The Labute approximate surface area is 458 Å². The van der Waals surface area contributed by atoms with Crippen LogP contribution < -0.4 is 26.6 Å². The fourth-order valence-corrected chi connectivity index (χ4v) is 9.46. The minimum Gasteiger partial charge on any atom is -0.481 e. The number of carboxylic acid groups (broad SMARTS) is 1. The van der Waals surface area contributed by atoms with Gasteiger partial charge in [0.25, 0.3) is 0 Å². The molecule has 0 aromatic heterocycles. The van der Waals surface area contributed by atoms with Crippen LogP contribution in [0.5, 0.6) is 0 Å². The van der Waals surface area contributed by atoms with Crippen molar-refractivity contribution in [3.05, 3.63) is 59.7 Å². The number of carbonyl (C=O) groups is 8. The largest absolute Gasteiger partial charge is 0.481 e. The molecule has 0 saturated heterocycles. The molecule has 17 nitrogen and oxygen atoms in total. The zero-order valence-corrected chi connectivity index (χ0v) is 48.0. The molecule has 6 N–H and O–H groups in total. The molecule has 430 valence electrons. The van der Waals surface area contributed by atoms with Crippen molar-refractivity contribution in [3.63, 3.8) is 0 Å². The number of hydrogen-bond donors (Lipinski definition) is 6. The molecule has 0 heterocycles. The Morgan fingerprint density at radius 2 is 0.974 bits per heavy atom. The highest BCUT2D eigenvalue weighted by Gasteiger charge is 2.34. The van der Waals surface area contributed by atoms with Crippen molar-refractivity contribution < 1.29 is 57.7 Å². The Balaban J connectivity index is 1.61. The number of ether oxygens (including phenoxy) is 3. The molecule has 0 saturated carbocycles. The van der Waals surface area contributed by atoms with Crippen molar-refractivity contribution in [2.75, 3.05) is 19.7 Å². The molecule has 3 rings (SSSR count). The zero-order chi connectivity index (χ0) is 57.2. The highest BCUT2D eigenvalue weighted by Crippen LogP contribution is 2.44. The maximum Gasteiger partial charge on any atom is 0.407 e. The number of rotatable bonds is 34. The molecule has 0 spiro atoms. The molecule has 1 aliphatic rings. The number of amides is 5. The van der Waals surface area contributed by atoms with Gasteiger partial charge in [0.05, 0.1) is 0 Å². The van der Waals surface area contributed by atoms with E-state index in [1.54, 1.807) is 41.5 Å². The number of aliphatic carboxylic acids is 1. The maximum atomic E-state index is 14.2. The predicted molar refractivity (Wildman–Crippen MR) is 298 cm³/mol. The average Bonchev–Trinajstić information content (AvgIpc) is 3.67. The second-order valence-corrected chi connectivity index (χ2v) is 23.5. The van der Waals surface area contributed by atoms with E-state index >= 15 is 0 Å². The molecular formula is C60H93N5O12. The van der Waals surface area contributed by atoms with Crippen LogP contribution in [0.15, 0.2) is 48.5 Å². The van der Waals surface area contributed by atoms with Crippen molar-refractivity contribution in [2.24, 2.45) is 11.3 Å². The fraction of sp³-hybridized carbons (Fsp3) is 0.667. The van der Waals surface area contributed by atoms with E-state index in [9.17, 15) is 43.5 Å². The summed E-state index contributed by atoms with van der Waals surface area (Å²) in [5.74, 6) is -4.43. The van der Waals surface area contributed by atoms with Crippen molar-refractivity contribution in [1.82, 2.24) is 26.6 Å². The summed E-state index contributed by atoms with van der Waals surface area (Å²) in [4.78, 5) is 105. The summed E-state index contributed by atoms with van der Waals surface area (Å²) in [6.45, 7) is 20.1. The Morgan fingerprint density at radius 3 is 1.48 bits per heavy atom. The van der Waals surface area contributed by atoms with Crippen LogP contribution in [-0.2, 0) is 47.8 Å². The molecule has 2 aromatic carbocycles. The molecule has 17 heteroatoms. The van der Waals surface area contributed by atoms with Crippen LogP contribution >= 0.6 is 0 Å². The molecule has 0 fully saturated rings. The summed E-state index contributed by atoms with van der Waals surface area (Å²) in [7, 11) is 0. The number of alkyl carbamates (subject to hydrolysis) is 1. The van der Waals surface area contributed by atoms with Gasteiger partial charge in [-0.1, -0.05) is 121 Å². The second-order valence-electron chi connectivity index (χ2n) is 23.5. The smallest absolute Gasteiger partial charge is 0.407 e. The summed E-state index contributed by atoms with van der Waals surface area (Å²) < 4.78 is 16.6. The number of benzene rings is 2. The number of hydrogen-bond acceptors (Lipinski definition) is 11. The zero-order valence-electron chi connectivity index (χ0n) is 48.0. The summed E-state index contributed by atoms with van der Waals surface area (Å²) >= 11 is 0. The SMILES string of the molecule is CCCCC(CCCCCCC(=O)NCCCCCCNC(=O)C(CCC(=O)OC(C)(C)C)NC(=O)C(CCC(=O)OC(C)(C)C)NC(=O)C(CCC(=O)O)NC(=O)OCC1c2ccccc2-c2ccccc21)C(C)(C)C. The molecular weight excluding hydrogens is 983 g/mol. The number of nitrogens with one attached hydrogen (secondary N) is 5. The lowest BCUT2D eigenvalue weighted by atomic mass is 9.75. The highest BCUT2D eigenvalue weighted by atomic mass is 16.6. The van der Waals surface area contributed by atoms with Crippen LogP contribution in [0.3, 0.4) is 0 Å². The van der Waals surface area contributed by atoms with Crippen LogP contribution in [-0.4, -0.2) is 102 Å². The Kier molecular flexibility index (Phi) is 27.7. The predicted octanol–water partition coefficient (Wildman–Crippen LogP) is 9.96. The van der Waals surface area contributed by atoms with E-state index in [2.05, 4.69) is 54.3 Å². The third kappa shape index (κ3) is 25.8. The van der Waals surface area contributed by atoms with Gasteiger partial charge < -0.3 is 45.9 Å². The van der Waals surface area contributed by atoms with Crippen molar-refractivity contribution in [1.29, 1.82) is 0 Å². The standard InChI is InChI=1S/C60H93N5O12/c1-11-12-25-41(58(2,3)4)26-17-13-14-18-31-50(66)61-38-23-15-16-24-39-62-54(71)47(33-36-52(69)76-59(5,6)7)63-55(72)48(34-37-53(70)77-60(8,9)10)64-56(73)49(32-35-51(67)68)65-57(74)75-40-46-44-29-21-19-27-42(44)43-28-20-22-30-45(43)46/h19-22,27-30,41,46-49H,11-18,23-26,31-40H2,1-10H3,(H,61,66)(H,62,71)(H,63,72)(H,64,73)(H,65,74)(H,67,68). The van der Waals surface area contributed by atoms with E-state index in [4.69, 9.17) is 14.2 Å². The summed E-state index contributed by atoms with van der Waals surface area (Å²) in [5.41, 5.74) is 2.58. The summed E-state index contributed by atoms with van der Waals surface area (Å²) in [6, 6.07) is 11.2. The van der Waals surface area contributed by atoms with E-state index in [0.717, 1.165) is 66.7 Å². The normalized spacial score (nSPS) is 13.9. The molecule has 0 bridgehead atoms. The van der Waals surface area contributed by atoms with Crippen LogP contribution in [0.2, 0.25) is 0 Å². The molecule has 4 atom stereocenters. The minimum absolute atomic E-state index is 0.0575. The van der Waals surface area contributed by atoms with Crippen molar-refractivity contribution in [2.45, 2.75) is 226 Å². The first-order chi connectivity index (χ1) is 36.3. The van der Waals surface area contributed by atoms with Crippen molar-refractivity contribution in [3.8, 4) is 11.1 Å². The Bertz CT molecular complexity index is 2180. The van der Waals surface area contributed by atoms with E-state index < -0.39 is 77.5 Å². The third-order valence-electron chi connectivity index (χ3n) is 13.5. The maximum absolute atomic E-state index is 14.2. The first-order valence-electron chi connectivity index (χ1n) is 28.2. The topological polar surface area (TPSA) is 245 Å². The van der Waals surface area contributed by atoms with Crippen molar-refractivity contribution >= 4 is 47.6 Å². The van der Waals surface area contributed by atoms with Gasteiger partial charge in [-0.3, -0.25) is 33.6 Å².